The van der Waals surface area contributed by atoms with Crippen molar-refractivity contribution in [2.24, 2.45) is 5.92 Å². The van der Waals surface area contributed by atoms with Crippen molar-refractivity contribution < 1.29 is 24.3 Å². The summed E-state index contributed by atoms with van der Waals surface area (Å²) in [5, 5.41) is 22.8. The van der Waals surface area contributed by atoms with Gasteiger partial charge in [0.1, 0.15) is 11.3 Å². The lowest BCUT2D eigenvalue weighted by atomic mass is 9.92. The van der Waals surface area contributed by atoms with E-state index in [1.54, 1.807) is 29.7 Å². The minimum absolute atomic E-state index is 0.167. The lowest BCUT2D eigenvalue weighted by Crippen LogP contribution is -2.42. The molecule has 2 atom stereocenters. The number of hydrogen-bond acceptors (Lipinski definition) is 5. The number of carbonyl (C=O) groups is 2. The van der Waals surface area contributed by atoms with Gasteiger partial charge in [-0.05, 0) is 42.7 Å². The van der Waals surface area contributed by atoms with Crippen molar-refractivity contribution in [3.05, 3.63) is 96.1 Å². The fraction of sp³-hybridized carbons (Fsp3) is 0.185. The van der Waals surface area contributed by atoms with Gasteiger partial charge in [0.15, 0.2) is 0 Å². The number of nitrogens with one attached hydrogen (secondary N) is 2. The molecule has 3 aromatic carbocycles. The second kappa shape index (κ2) is 10.8. The Bertz CT molecular complexity index is 1220. The lowest BCUT2D eigenvalue weighted by Gasteiger charge is -2.22. The Morgan fingerprint density at radius 1 is 0.912 bits per heavy atom. The number of hydrogen-bond donors (Lipinski definition) is 4. The highest BCUT2D eigenvalue weighted by Crippen LogP contribution is 2.27. The molecule has 0 radical (unpaired) electrons. The van der Waals surface area contributed by atoms with Crippen LogP contribution in [-0.4, -0.2) is 34.8 Å². The summed E-state index contributed by atoms with van der Waals surface area (Å²) in [6.07, 6.45) is 0.534. The normalized spacial score (nSPS) is 12.8. The van der Waals surface area contributed by atoms with Crippen molar-refractivity contribution in [3.8, 4) is 11.3 Å². The van der Waals surface area contributed by atoms with Crippen LogP contribution in [0.25, 0.3) is 22.3 Å². The van der Waals surface area contributed by atoms with E-state index in [0.717, 1.165) is 22.1 Å². The van der Waals surface area contributed by atoms with Crippen molar-refractivity contribution in [2.45, 2.75) is 18.9 Å². The molecule has 0 fully saturated rings. The first-order valence-electron chi connectivity index (χ1n) is 11.1. The zero-order valence-corrected chi connectivity index (χ0v) is 18.5. The number of aliphatic hydroxyl groups excluding tert-OH is 1. The summed E-state index contributed by atoms with van der Waals surface area (Å²) in [6, 6.07) is 25.4. The average Bonchev–Trinajstić information content (AvgIpc) is 3.32. The fourth-order valence-corrected chi connectivity index (χ4v) is 3.97. The van der Waals surface area contributed by atoms with Crippen molar-refractivity contribution in [1.29, 1.82) is 0 Å². The van der Waals surface area contributed by atoms with Crippen LogP contribution < -0.4 is 10.8 Å². The molecule has 2 amide bonds. The molecule has 0 aliphatic rings. The second-order valence-electron chi connectivity index (χ2n) is 8.18. The quantitative estimate of drug-likeness (QED) is 0.224. The van der Waals surface area contributed by atoms with Gasteiger partial charge < -0.3 is 14.8 Å². The molecule has 1 aromatic heterocycles. The van der Waals surface area contributed by atoms with Crippen molar-refractivity contribution in [3.63, 3.8) is 0 Å². The molecule has 174 valence electrons. The first-order chi connectivity index (χ1) is 16.6. The van der Waals surface area contributed by atoms with E-state index in [4.69, 9.17) is 9.62 Å². The molecule has 7 nitrogen and oxygen atoms in total. The molecule has 1 heterocycles. The van der Waals surface area contributed by atoms with Crippen molar-refractivity contribution in [1.82, 2.24) is 10.8 Å². The predicted octanol–water partition coefficient (Wildman–Crippen LogP) is 3.94. The molecule has 4 rings (SSSR count). The SMILES string of the molecule is O=C(NC(CO)CC(Cc1ccccc1)C(=O)NO)c1ccc(-c2cc3ccccc3o2)cc1. The van der Waals surface area contributed by atoms with E-state index in [1.165, 1.54) is 0 Å². The molecule has 7 heteroatoms. The number of benzene rings is 3. The van der Waals surface area contributed by atoms with Gasteiger partial charge in [-0.15, -0.1) is 0 Å². The summed E-state index contributed by atoms with van der Waals surface area (Å²) >= 11 is 0. The van der Waals surface area contributed by atoms with Gasteiger partial charge in [0.05, 0.1) is 12.6 Å². The van der Waals surface area contributed by atoms with Crippen LogP contribution in [0.2, 0.25) is 0 Å². The summed E-state index contributed by atoms with van der Waals surface area (Å²) in [4.78, 5) is 25.0. The summed E-state index contributed by atoms with van der Waals surface area (Å²) in [7, 11) is 0. The maximum atomic E-state index is 12.8. The number of hydroxylamine groups is 1. The number of aliphatic hydroxyl groups is 1. The maximum absolute atomic E-state index is 12.8. The molecular formula is C27H26N2O5. The molecule has 4 N–H and O–H groups in total. The monoisotopic (exact) mass is 458 g/mol. The Morgan fingerprint density at radius 3 is 2.29 bits per heavy atom. The number of fused-ring (bicyclic) bond motifs is 1. The van der Waals surface area contributed by atoms with Gasteiger partial charge in [0.25, 0.3) is 5.91 Å². The Kier molecular flexibility index (Phi) is 7.37. The summed E-state index contributed by atoms with van der Waals surface area (Å²) < 4.78 is 5.87. The van der Waals surface area contributed by atoms with E-state index in [-0.39, 0.29) is 18.9 Å². The van der Waals surface area contributed by atoms with Crippen LogP contribution in [0, 0.1) is 5.92 Å². The highest BCUT2D eigenvalue weighted by molar-refractivity contribution is 5.95. The third-order valence-corrected chi connectivity index (χ3v) is 5.79. The van der Waals surface area contributed by atoms with E-state index >= 15 is 0 Å². The zero-order valence-electron chi connectivity index (χ0n) is 18.5. The summed E-state index contributed by atoms with van der Waals surface area (Å²) in [5.74, 6) is -0.842. The minimum Gasteiger partial charge on any atom is -0.456 e. The van der Waals surface area contributed by atoms with E-state index in [0.29, 0.717) is 17.7 Å². The van der Waals surface area contributed by atoms with Crippen LogP contribution in [0.5, 0.6) is 0 Å². The number of para-hydroxylation sites is 1. The number of amides is 2. The topological polar surface area (TPSA) is 112 Å². The van der Waals surface area contributed by atoms with Crippen LogP contribution in [-0.2, 0) is 11.2 Å². The standard InChI is InChI=1S/C27H26N2O5/c30-17-23(15-22(27(32)29-33)14-18-6-2-1-3-7-18)28-26(31)20-12-10-19(11-13-20)25-16-21-8-4-5-9-24(21)34-25/h1-13,16,22-23,30,33H,14-15,17H2,(H,28,31)(H,29,32). The largest absolute Gasteiger partial charge is 0.456 e. The molecule has 0 saturated carbocycles. The maximum Gasteiger partial charge on any atom is 0.251 e. The van der Waals surface area contributed by atoms with Gasteiger partial charge in [-0.2, -0.15) is 0 Å². The number of furan rings is 1. The van der Waals surface area contributed by atoms with Crippen molar-refractivity contribution >= 4 is 22.8 Å². The van der Waals surface area contributed by atoms with E-state index in [1.807, 2.05) is 60.7 Å². The molecular weight excluding hydrogens is 432 g/mol. The van der Waals surface area contributed by atoms with E-state index in [9.17, 15) is 14.7 Å². The van der Waals surface area contributed by atoms with E-state index in [2.05, 4.69) is 5.32 Å². The van der Waals surface area contributed by atoms with Gasteiger partial charge in [-0.3, -0.25) is 14.8 Å². The minimum atomic E-state index is -0.659. The van der Waals surface area contributed by atoms with Crippen LogP contribution >= 0.6 is 0 Å². The van der Waals surface area contributed by atoms with Gasteiger partial charge in [-0.1, -0.05) is 60.7 Å². The van der Waals surface area contributed by atoms with Gasteiger partial charge >= 0.3 is 0 Å². The molecule has 0 saturated heterocycles. The van der Waals surface area contributed by atoms with Gasteiger partial charge in [0.2, 0.25) is 5.91 Å². The molecule has 0 aliphatic heterocycles. The summed E-state index contributed by atoms with van der Waals surface area (Å²) in [6.45, 7) is -0.340. The van der Waals surface area contributed by atoms with Crippen LogP contribution in [0.15, 0.2) is 89.3 Å². The van der Waals surface area contributed by atoms with Gasteiger partial charge in [0, 0.05) is 22.4 Å². The molecule has 34 heavy (non-hydrogen) atoms. The average molecular weight is 459 g/mol. The molecule has 0 aliphatic carbocycles. The molecule has 2 unspecified atom stereocenters. The smallest absolute Gasteiger partial charge is 0.251 e. The van der Waals surface area contributed by atoms with Crippen molar-refractivity contribution in [2.75, 3.05) is 6.61 Å². The number of rotatable bonds is 9. The molecule has 4 aromatic rings. The zero-order chi connectivity index (χ0) is 23.9. The van der Waals surface area contributed by atoms with Crippen LogP contribution in [0.4, 0.5) is 0 Å². The molecule has 0 bridgehead atoms. The Labute approximate surface area is 197 Å². The Morgan fingerprint density at radius 2 is 1.62 bits per heavy atom. The Hall–Kier alpha value is -3.94. The first kappa shape index (κ1) is 23.2. The lowest BCUT2D eigenvalue weighted by molar-refractivity contribution is -0.133. The fourth-order valence-electron chi connectivity index (χ4n) is 3.97. The predicted molar refractivity (Wildman–Crippen MR) is 128 cm³/mol. The highest BCUT2D eigenvalue weighted by Gasteiger charge is 2.24. The molecule has 0 spiro atoms. The van der Waals surface area contributed by atoms with Gasteiger partial charge in [-0.25, -0.2) is 5.48 Å². The second-order valence-corrected chi connectivity index (χ2v) is 8.18. The third kappa shape index (κ3) is 5.51. The van der Waals surface area contributed by atoms with Crippen LogP contribution in [0.3, 0.4) is 0 Å². The summed E-state index contributed by atoms with van der Waals surface area (Å²) in [5.41, 5.74) is 4.66. The van der Waals surface area contributed by atoms with Crippen LogP contribution in [0.1, 0.15) is 22.3 Å². The Balaban J connectivity index is 1.42. The first-order valence-corrected chi connectivity index (χ1v) is 11.1. The highest BCUT2D eigenvalue weighted by atomic mass is 16.5. The van der Waals surface area contributed by atoms with E-state index < -0.39 is 17.9 Å². The third-order valence-electron chi connectivity index (χ3n) is 5.79. The number of carbonyl (C=O) groups excluding carboxylic acids is 2.